The first-order chi connectivity index (χ1) is 13.4. The second-order valence-corrected chi connectivity index (χ2v) is 8.75. The van der Waals surface area contributed by atoms with Crippen LogP contribution in [0.2, 0.25) is 0 Å². The summed E-state index contributed by atoms with van der Waals surface area (Å²) in [6, 6.07) is 10.6. The van der Waals surface area contributed by atoms with Gasteiger partial charge in [0.25, 0.3) is 0 Å². The van der Waals surface area contributed by atoms with E-state index >= 15 is 0 Å². The fraction of sp³-hybridized carbons (Fsp3) is 0.609. The molecule has 0 atom stereocenters. The highest BCUT2D eigenvalue weighted by molar-refractivity contribution is 5.53. The van der Waals surface area contributed by atoms with Crippen LogP contribution in [0.3, 0.4) is 0 Å². The van der Waals surface area contributed by atoms with Crippen molar-refractivity contribution in [2.45, 2.75) is 50.9 Å². The third kappa shape index (κ3) is 3.64. The molecule has 0 N–H and O–H groups in total. The maximum atomic E-state index is 5.05. The van der Waals surface area contributed by atoms with Gasteiger partial charge in [0.05, 0.1) is 23.3 Å². The first-order valence-corrected chi connectivity index (χ1v) is 11.0. The summed E-state index contributed by atoms with van der Waals surface area (Å²) in [5.41, 5.74) is 3.93. The third-order valence-electron chi connectivity index (χ3n) is 6.91. The monoisotopic (exact) mass is 364 g/mol. The van der Waals surface area contributed by atoms with E-state index in [0.717, 1.165) is 5.92 Å². The van der Waals surface area contributed by atoms with Crippen LogP contribution in [0.1, 0.15) is 56.6 Å². The molecule has 0 bridgehead atoms. The van der Waals surface area contributed by atoms with Gasteiger partial charge in [-0.15, -0.1) is 0 Å². The van der Waals surface area contributed by atoms with Crippen molar-refractivity contribution < 1.29 is 0 Å². The SMILES string of the molecule is c1ccc(-n2cc(N3CCC(CN4CCCC4)CC3)c(C3CCC3)n2)cc1. The van der Waals surface area contributed by atoms with E-state index in [2.05, 4.69) is 51.0 Å². The van der Waals surface area contributed by atoms with Crippen molar-refractivity contribution in [3.05, 3.63) is 42.2 Å². The molecule has 5 rings (SSSR count). The van der Waals surface area contributed by atoms with Crippen LogP contribution in [0.5, 0.6) is 0 Å². The molecule has 1 aliphatic carbocycles. The second kappa shape index (κ2) is 7.67. The summed E-state index contributed by atoms with van der Waals surface area (Å²) in [5, 5.41) is 5.05. The molecule has 3 aliphatic rings. The van der Waals surface area contributed by atoms with Crippen molar-refractivity contribution in [1.29, 1.82) is 0 Å². The molecule has 2 aromatic rings. The second-order valence-electron chi connectivity index (χ2n) is 8.75. The molecule has 3 heterocycles. The topological polar surface area (TPSA) is 24.3 Å². The Balaban J connectivity index is 1.31. The zero-order valence-electron chi connectivity index (χ0n) is 16.4. The van der Waals surface area contributed by atoms with Crippen molar-refractivity contribution in [1.82, 2.24) is 14.7 Å². The zero-order chi connectivity index (χ0) is 18.1. The van der Waals surface area contributed by atoms with Gasteiger partial charge in [0, 0.05) is 25.6 Å². The number of nitrogens with zero attached hydrogens (tertiary/aromatic N) is 4. The summed E-state index contributed by atoms with van der Waals surface area (Å²) in [6.07, 6.45) is 11.7. The molecule has 0 amide bonds. The van der Waals surface area contributed by atoms with E-state index in [-0.39, 0.29) is 0 Å². The smallest absolute Gasteiger partial charge is 0.0893 e. The van der Waals surface area contributed by atoms with Crippen molar-refractivity contribution in [3.8, 4) is 5.69 Å². The molecule has 0 spiro atoms. The van der Waals surface area contributed by atoms with E-state index < -0.39 is 0 Å². The molecule has 0 radical (unpaired) electrons. The lowest BCUT2D eigenvalue weighted by molar-refractivity contribution is 0.249. The van der Waals surface area contributed by atoms with Crippen LogP contribution in [-0.4, -0.2) is 47.4 Å². The number of hydrogen-bond donors (Lipinski definition) is 0. The maximum Gasteiger partial charge on any atom is 0.0893 e. The van der Waals surface area contributed by atoms with E-state index in [1.54, 1.807) is 0 Å². The Morgan fingerprint density at radius 2 is 1.59 bits per heavy atom. The van der Waals surface area contributed by atoms with Crippen LogP contribution in [0.4, 0.5) is 5.69 Å². The number of anilines is 1. The summed E-state index contributed by atoms with van der Waals surface area (Å²) in [5.74, 6) is 1.56. The van der Waals surface area contributed by atoms with Crippen LogP contribution >= 0.6 is 0 Å². The van der Waals surface area contributed by atoms with Crippen molar-refractivity contribution in [2.24, 2.45) is 5.92 Å². The Morgan fingerprint density at radius 3 is 2.26 bits per heavy atom. The van der Waals surface area contributed by atoms with Gasteiger partial charge in [-0.2, -0.15) is 5.10 Å². The minimum Gasteiger partial charge on any atom is -0.369 e. The van der Waals surface area contributed by atoms with Crippen LogP contribution in [0.25, 0.3) is 5.69 Å². The molecule has 27 heavy (non-hydrogen) atoms. The fourth-order valence-electron chi connectivity index (χ4n) is 4.99. The summed E-state index contributed by atoms with van der Waals surface area (Å²) < 4.78 is 2.11. The van der Waals surface area contributed by atoms with Crippen LogP contribution in [0, 0.1) is 5.92 Å². The predicted octanol–water partition coefficient (Wildman–Crippen LogP) is 4.45. The van der Waals surface area contributed by atoms with Gasteiger partial charge in [0.15, 0.2) is 0 Å². The third-order valence-corrected chi connectivity index (χ3v) is 6.91. The Labute approximate surface area is 163 Å². The van der Waals surface area contributed by atoms with Gasteiger partial charge in [-0.1, -0.05) is 24.6 Å². The molecule has 144 valence electrons. The van der Waals surface area contributed by atoms with E-state index in [1.807, 2.05) is 0 Å². The molecule has 4 heteroatoms. The molecule has 4 nitrogen and oxygen atoms in total. The Bertz CT molecular complexity index is 735. The number of likely N-dealkylation sites (tertiary alicyclic amines) is 1. The molecule has 2 saturated heterocycles. The van der Waals surface area contributed by atoms with E-state index in [9.17, 15) is 0 Å². The van der Waals surface area contributed by atoms with E-state index in [4.69, 9.17) is 5.10 Å². The quantitative estimate of drug-likeness (QED) is 0.783. The van der Waals surface area contributed by atoms with Crippen LogP contribution in [-0.2, 0) is 0 Å². The number of piperidine rings is 1. The van der Waals surface area contributed by atoms with Gasteiger partial charge in [-0.25, -0.2) is 4.68 Å². The van der Waals surface area contributed by atoms with E-state index in [1.165, 1.54) is 94.7 Å². The summed E-state index contributed by atoms with van der Waals surface area (Å²) in [4.78, 5) is 5.31. The molecular weight excluding hydrogens is 332 g/mol. The zero-order valence-corrected chi connectivity index (χ0v) is 16.4. The fourth-order valence-corrected chi connectivity index (χ4v) is 4.99. The maximum absolute atomic E-state index is 5.05. The van der Waals surface area contributed by atoms with Gasteiger partial charge in [0.2, 0.25) is 0 Å². The summed E-state index contributed by atoms with van der Waals surface area (Å²) in [7, 11) is 0. The minimum absolute atomic E-state index is 0.673. The minimum atomic E-state index is 0.673. The number of hydrogen-bond acceptors (Lipinski definition) is 3. The molecule has 1 aromatic carbocycles. The highest BCUT2D eigenvalue weighted by Crippen LogP contribution is 2.41. The summed E-state index contributed by atoms with van der Waals surface area (Å²) in [6.45, 7) is 6.37. The molecular formula is C23H32N4. The van der Waals surface area contributed by atoms with Gasteiger partial charge in [0.1, 0.15) is 0 Å². The molecule has 3 fully saturated rings. The summed E-state index contributed by atoms with van der Waals surface area (Å²) >= 11 is 0. The van der Waals surface area contributed by atoms with Crippen LogP contribution in [0.15, 0.2) is 36.5 Å². The number of rotatable bonds is 5. The molecule has 1 aromatic heterocycles. The first-order valence-electron chi connectivity index (χ1n) is 11.0. The van der Waals surface area contributed by atoms with Crippen molar-refractivity contribution in [3.63, 3.8) is 0 Å². The lowest BCUT2D eigenvalue weighted by Gasteiger charge is -2.36. The molecule has 0 unspecified atom stereocenters. The lowest BCUT2D eigenvalue weighted by atomic mass is 9.82. The van der Waals surface area contributed by atoms with Crippen molar-refractivity contribution >= 4 is 5.69 Å². The van der Waals surface area contributed by atoms with Gasteiger partial charge in [-0.05, 0) is 69.7 Å². The lowest BCUT2D eigenvalue weighted by Crippen LogP contribution is -2.38. The van der Waals surface area contributed by atoms with Gasteiger partial charge >= 0.3 is 0 Å². The van der Waals surface area contributed by atoms with Crippen LogP contribution < -0.4 is 4.90 Å². The highest BCUT2D eigenvalue weighted by atomic mass is 15.3. The Hall–Kier alpha value is -1.81. The number of benzene rings is 1. The van der Waals surface area contributed by atoms with Gasteiger partial charge in [-0.3, -0.25) is 0 Å². The Morgan fingerprint density at radius 1 is 0.852 bits per heavy atom. The molecule has 1 saturated carbocycles. The largest absolute Gasteiger partial charge is 0.369 e. The number of para-hydroxylation sites is 1. The predicted molar refractivity (Wildman–Crippen MR) is 111 cm³/mol. The first kappa shape index (κ1) is 17.3. The normalized spacial score (nSPS) is 22.3. The standard InChI is InChI=1S/C23H32N4/c1-2-9-21(10-3-1)27-18-22(23(24-27)20-7-6-8-20)26-15-11-19(12-16-26)17-25-13-4-5-14-25/h1-3,9-10,18-20H,4-8,11-17H2. The average Bonchev–Trinajstić information content (AvgIpc) is 3.32. The van der Waals surface area contributed by atoms with E-state index in [0.29, 0.717) is 5.92 Å². The average molecular weight is 365 g/mol. The number of aromatic nitrogens is 2. The van der Waals surface area contributed by atoms with Crippen molar-refractivity contribution in [2.75, 3.05) is 37.6 Å². The Kier molecular flexibility index (Phi) is 4.91. The van der Waals surface area contributed by atoms with Gasteiger partial charge < -0.3 is 9.80 Å². The molecule has 2 aliphatic heterocycles. The highest BCUT2D eigenvalue weighted by Gasteiger charge is 2.30.